The second-order valence-electron chi connectivity index (χ2n) is 6.32. The van der Waals surface area contributed by atoms with E-state index in [2.05, 4.69) is 10.6 Å². The molecule has 8 heteroatoms. The average molecular weight is 355 g/mol. The molecule has 4 rings (SSSR count). The molecular weight excluding hydrogens is 341 g/mol. The van der Waals surface area contributed by atoms with E-state index in [-0.39, 0.29) is 24.7 Å². The van der Waals surface area contributed by atoms with Gasteiger partial charge in [-0.1, -0.05) is 18.2 Å². The monoisotopic (exact) mass is 355 g/mol. The highest BCUT2D eigenvalue weighted by molar-refractivity contribution is 6.08. The summed E-state index contributed by atoms with van der Waals surface area (Å²) in [6, 6.07) is 8.99. The van der Waals surface area contributed by atoms with Gasteiger partial charge >= 0.3 is 6.03 Å². The molecule has 0 bridgehead atoms. The van der Waals surface area contributed by atoms with Crippen molar-refractivity contribution >= 4 is 17.8 Å². The Morgan fingerprint density at radius 1 is 1.12 bits per heavy atom. The van der Waals surface area contributed by atoms with Gasteiger partial charge in [0.1, 0.15) is 11.6 Å². The van der Waals surface area contributed by atoms with Crippen LogP contribution in [0, 0.1) is 5.82 Å². The maximum Gasteiger partial charge on any atom is 0.322 e. The number of phenols is 1. The molecule has 7 nitrogen and oxygen atoms in total. The van der Waals surface area contributed by atoms with Crippen molar-refractivity contribution in [2.24, 2.45) is 0 Å². The number of amides is 4. The van der Waals surface area contributed by atoms with E-state index in [1.165, 1.54) is 41.3 Å². The van der Waals surface area contributed by atoms with Crippen LogP contribution in [0.2, 0.25) is 0 Å². The van der Waals surface area contributed by atoms with E-state index in [9.17, 15) is 23.9 Å². The van der Waals surface area contributed by atoms with Gasteiger partial charge in [0.2, 0.25) is 0 Å². The predicted octanol–water partition coefficient (Wildman–Crippen LogP) is 1.22. The molecule has 1 fully saturated rings. The van der Waals surface area contributed by atoms with Gasteiger partial charge in [0.15, 0.2) is 5.54 Å². The Morgan fingerprint density at radius 3 is 2.50 bits per heavy atom. The number of hydrogen-bond donors (Lipinski definition) is 3. The van der Waals surface area contributed by atoms with Crippen molar-refractivity contribution in [2.45, 2.75) is 12.1 Å². The number of nitrogens with zero attached hydrogens (tertiary/aromatic N) is 1. The Labute approximate surface area is 147 Å². The molecule has 0 saturated carbocycles. The molecule has 2 aromatic rings. The van der Waals surface area contributed by atoms with Gasteiger partial charge in [0, 0.05) is 12.1 Å². The van der Waals surface area contributed by atoms with Crippen LogP contribution < -0.4 is 10.6 Å². The SMILES string of the molecule is O=C1NC(=O)[C@](CN2Cc3ccc(O)cc3C2=O)(c2ccc(F)cc2)N1. The number of urea groups is 1. The molecule has 0 spiro atoms. The number of aromatic hydroxyl groups is 1. The number of carbonyl (C=O) groups is 3. The number of benzene rings is 2. The summed E-state index contributed by atoms with van der Waals surface area (Å²) in [4.78, 5) is 38.4. The summed E-state index contributed by atoms with van der Waals surface area (Å²) < 4.78 is 13.3. The fourth-order valence-corrected chi connectivity index (χ4v) is 3.40. The van der Waals surface area contributed by atoms with Crippen LogP contribution in [0.5, 0.6) is 5.75 Å². The third-order valence-electron chi connectivity index (χ3n) is 4.68. The fraction of sp³-hybridized carbons (Fsp3) is 0.167. The van der Waals surface area contributed by atoms with Crippen molar-refractivity contribution in [3.05, 3.63) is 65.0 Å². The van der Waals surface area contributed by atoms with Crippen LogP contribution >= 0.6 is 0 Å². The predicted molar refractivity (Wildman–Crippen MR) is 87.6 cm³/mol. The summed E-state index contributed by atoms with van der Waals surface area (Å²) in [6.45, 7) is 0.116. The van der Waals surface area contributed by atoms with Crippen LogP contribution in [0.1, 0.15) is 21.5 Å². The zero-order valence-corrected chi connectivity index (χ0v) is 13.5. The zero-order valence-electron chi connectivity index (χ0n) is 13.5. The molecule has 2 aliphatic rings. The first kappa shape index (κ1) is 16.1. The minimum Gasteiger partial charge on any atom is -0.508 e. The maximum atomic E-state index is 13.3. The molecule has 3 N–H and O–H groups in total. The molecule has 132 valence electrons. The number of halogens is 1. The molecular formula is C18H14FN3O4. The lowest BCUT2D eigenvalue weighted by Gasteiger charge is -2.31. The zero-order chi connectivity index (χ0) is 18.5. The number of nitrogens with one attached hydrogen (secondary N) is 2. The average Bonchev–Trinajstić information content (AvgIpc) is 3.06. The van der Waals surface area contributed by atoms with Crippen molar-refractivity contribution in [1.29, 1.82) is 0 Å². The van der Waals surface area contributed by atoms with Crippen molar-refractivity contribution < 1.29 is 23.9 Å². The molecule has 2 aromatic carbocycles. The lowest BCUT2D eigenvalue weighted by molar-refractivity contribution is -0.124. The van der Waals surface area contributed by atoms with E-state index in [0.717, 1.165) is 0 Å². The van der Waals surface area contributed by atoms with Gasteiger partial charge in [-0.25, -0.2) is 9.18 Å². The van der Waals surface area contributed by atoms with Crippen LogP contribution in [0.25, 0.3) is 0 Å². The highest BCUT2D eigenvalue weighted by Crippen LogP contribution is 2.32. The van der Waals surface area contributed by atoms with Crippen molar-refractivity contribution in [3.63, 3.8) is 0 Å². The highest BCUT2D eigenvalue weighted by Gasteiger charge is 2.50. The quantitative estimate of drug-likeness (QED) is 0.721. The summed E-state index contributed by atoms with van der Waals surface area (Å²) in [5.74, 6) is -1.47. The third kappa shape index (κ3) is 2.38. The van der Waals surface area contributed by atoms with E-state index in [0.29, 0.717) is 16.7 Å². The molecule has 2 aliphatic heterocycles. The number of carbonyl (C=O) groups excluding carboxylic acids is 3. The Morgan fingerprint density at radius 2 is 1.85 bits per heavy atom. The summed E-state index contributed by atoms with van der Waals surface area (Å²) in [5.41, 5.74) is -0.0746. The molecule has 2 heterocycles. The van der Waals surface area contributed by atoms with Crippen LogP contribution in [-0.2, 0) is 16.9 Å². The topological polar surface area (TPSA) is 98.7 Å². The van der Waals surface area contributed by atoms with Crippen LogP contribution in [0.3, 0.4) is 0 Å². The van der Waals surface area contributed by atoms with Crippen LogP contribution in [0.4, 0.5) is 9.18 Å². The number of imide groups is 1. The first-order valence-electron chi connectivity index (χ1n) is 7.90. The standard InChI is InChI=1S/C18H14FN3O4/c19-12-4-2-11(3-5-12)18(16(25)20-17(26)21-18)9-22-8-10-1-6-13(23)7-14(10)15(22)24/h1-7,23H,8-9H2,(H2,20,21,25,26)/t18-/m0/s1. The number of hydrogen-bond acceptors (Lipinski definition) is 4. The normalized spacial score (nSPS) is 21.6. The summed E-state index contributed by atoms with van der Waals surface area (Å²) in [5, 5.41) is 14.3. The van der Waals surface area contributed by atoms with Crippen molar-refractivity contribution in [3.8, 4) is 5.75 Å². The third-order valence-corrected chi connectivity index (χ3v) is 4.68. The van der Waals surface area contributed by atoms with E-state index >= 15 is 0 Å². The highest BCUT2D eigenvalue weighted by atomic mass is 19.1. The van der Waals surface area contributed by atoms with Gasteiger partial charge in [-0.05, 0) is 35.4 Å². The molecule has 4 amide bonds. The van der Waals surface area contributed by atoms with Gasteiger partial charge in [-0.15, -0.1) is 0 Å². The summed E-state index contributed by atoms with van der Waals surface area (Å²) in [7, 11) is 0. The van der Waals surface area contributed by atoms with E-state index < -0.39 is 23.3 Å². The fourth-order valence-electron chi connectivity index (χ4n) is 3.40. The maximum absolute atomic E-state index is 13.3. The number of rotatable bonds is 3. The molecule has 0 unspecified atom stereocenters. The first-order valence-corrected chi connectivity index (χ1v) is 7.90. The minimum atomic E-state index is -1.51. The number of phenolic OH excluding ortho intramolecular Hbond substituents is 1. The van der Waals surface area contributed by atoms with Gasteiger partial charge in [-0.3, -0.25) is 14.9 Å². The Bertz CT molecular complexity index is 944. The first-order chi connectivity index (χ1) is 12.4. The molecule has 26 heavy (non-hydrogen) atoms. The lowest BCUT2D eigenvalue weighted by Crippen LogP contribution is -2.52. The summed E-state index contributed by atoms with van der Waals surface area (Å²) >= 11 is 0. The number of fused-ring (bicyclic) bond motifs is 1. The Kier molecular flexibility index (Phi) is 3.43. The van der Waals surface area contributed by atoms with Gasteiger partial charge in [0.25, 0.3) is 11.8 Å². The van der Waals surface area contributed by atoms with Gasteiger partial charge in [0.05, 0.1) is 6.54 Å². The minimum absolute atomic E-state index is 0.0286. The van der Waals surface area contributed by atoms with Crippen molar-refractivity contribution in [2.75, 3.05) is 6.54 Å². The van der Waals surface area contributed by atoms with Crippen LogP contribution in [-0.4, -0.2) is 34.4 Å². The Balaban J connectivity index is 1.71. The molecule has 0 radical (unpaired) electrons. The van der Waals surface area contributed by atoms with Gasteiger partial charge < -0.3 is 15.3 Å². The molecule has 0 aliphatic carbocycles. The van der Waals surface area contributed by atoms with E-state index in [1.54, 1.807) is 6.07 Å². The van der Waals surface area contributed by atoms with E-state index in [4.69, 9.17) is 0 Å². The van der Waals surface area contributed by atoms with E-state index in [1.807, 2.05) is 0 Å². The summed E-state index contributed by atoms with van der Waals surface area (Å²) in [6.07, 6.45) is 0. The molecule has 0 aromatic heterocycles. The molecule has 1 saturated heterocycles. The molecule has 1 atom stereocenters. The Hall–Kier alpha value is -3.42. The van der Waals surface area contributed by atoms with Crippen molar-refractivity contribution in [1.82, 2.24) is 15.5 Å². The second kappa shape index (κ2) is 5.55. The van der Waals surface area contributed by atoms with Gasteiger partial charge in [-0.2, -0.15) is 0 Å². The largest absolute Gasteiger partial charge is 0.508 e. The smallest absolute Gasteiger partial charge is 0.322 e. The lowest BCUT2D eigenvalue weighted by atomic mass is 9.89. The second-order valence-corrected chi connectivity index (χ2v) is 6.32. The van der Waals surface area contributed by atoms with Crippen LogP contribution in [0.15, 0.2) is 42.5 Å².